The van der Waals surface area contributed by atoms with Gasteiger partial charge in [0.2, 0.25) is 0 Å². The van der Waals surface area contributed by atoms with Crippen LogP contribution in [-0.4, -0.2) is 25.3 Å². The fraction of sp³-hybridized carbons (Fsp3) is 1.00. The lowest BCUT2D eigenvalue weighted by Crippen LogP contribution is -2.31. The van der Waals surface area contributed by atoms with E-state index in [9.17, 15) is 0 Å². The van der Waals surface area contributed by atoms with Gasteiger partial charge in [0.1, 0.15) is 0 Å². The van der Waals surface area contributed by atoms with E-state index in [1.165, 1.54) is 19.3 Å². The van der Waals surface area contributed by atoms with E-state index in [1.54, 1.807) is 0 Å². The summed E-state index contributed by atoms with van der Waals surface area (Å²) in [5.74, 6) is 0.709. The Bertz CT molecular complexity index is 149. The fourth-order valence-electron chi connectivity index (χ4n) is 1.96. The molecule has 0 spiro atoms. The zero-order valence-electron chi connectivity index (χ0n) is 9.34. The van der Waals surface area contributed by atoms with Gasteiger partial charge in [-0.25, -0.2) is 0 Å². The molecule has 0 amide bonds. The standard InChI is InChI=1S/C11H23NO/c1-8(10(3)12-4)7-11-6-5-9(2)13-11/h8-12H,5-7H2,1-4H3. The highest BCUT2D eigenvalue weighted by molar-refractivity contribution is 4.76. The van der Waals surface area contributed by atoms with Gasteiger partial charge < -0.3 is 10.1 Å². The molecule has 4 atom stereocenters. The third kappa shape index (κ3) is 3.28. The molecule has 0 saturated carbocycles. The van der Waals surface area contributed by atoms with Crippen LogP contribution in [0.15, 0.2) is 0 Å². The molecule has 1 saturated heterocycles. The molecular formula is C11H23NO. The van der Waals surface area contributed by atoms with Gasteiger partial charge in [-0.3, -0.25) is 0 Å². The van der Waals surface area contributed by atoms with Crippen LogP contribution in [0.25, 0.3) is 0 Å². The van der Waals surface area contributed by atoms with Gasteiger partial charge in [0.25, 0.3) is 0 Å². The average Bonchev–Trinajstić information content (AvgIpc) is 2.49. The van der Waals surface area contributed by atoms with Gasteiger partial charge in [-0.05, 0) is 46.1 Å². The first-order chi connectivity index (χ1) is 6.13. The predicted molar refractivity (Wildman–Crippen MR) is 55.9 cm³/mol. The van der Waals surface area contributed by atoms with Gasteiger partial charge in [0.05, 0.1) is 12.2 Å². The minimum Gasteiger partial charge on any atom is -0.375 e. The smallest absolute Gasteiger partial charge is 0.0582 e. The molecule has 0 aliphatic carbocycles. The molecule has 4 unspecified atom stereocenters. The lowest BCUT2D eigenvalue weighted by molar-refractivity contribution is 0.0396. The van der Waals surface area contributed by atoms with Crippen LogP contribution in [0.5, 0.6) is 0 Å². The van der Waals surface area contributed by atoms with Gasteiger partial charge in [-0.1, -0.05) is 6.92 Å². The van der Waals surface area contributed by atoms with Crippen molar-refractivity contribution in [2.75, 3.05) is 7.05 Å². The number of nitrogens with one attached hydrogen (secondary N) is 1. The second-order valence-corrected chi connectivity index (χ2v) is 4.44. The zero-order chi connectivity index (χ0) is 9.84. The molecular weight excluding hydrogens is 162 g/mol. The quantitative estimate of drug-likeness (QED) is 0.725. The summed E-state index contributed by atoms with van der Waals surface area (Å²) in [5.41, 5.74) is 0. The second kappa shape index (κ2) is 4.97. The Morgan fingerprint density at radius 3 is 2.54 bits per heavy atom. The largest absolute Gasteiger partial charge is 0.375 e. The van der Waals surface area contributed by atoms with Crippen molar-refractivity contribution in [3.63, 3.8) is 0 Å². The third-order valence-electron chi connectivity index (χ3n) is 3.26. The maximum absolute atomic E-state index is 5.80. The van der Waals surface area contributed by atoms with Crippen molar-refractivity contribution >= 4 is 0 Å². The Morgan fingerprint density at radius 2 is 2.08 bits per heavy atom. The number of hydrogen-bond donors (Lipinski definition) is 1. The summed E-state index contributed by atoms with van der Waals surface area (Å²) in [4.78, 5) is 0. The van der Waals surface area contributed by atoms with Crippen LogP contribution in [-0.2, 0) is 4.74 Å². The Labute approximate surface area is 82.0 Å². The van der Waals surface area contributed by atoms with Crippen molar-refractivity contribution in [2.24, 2.45) is 5.92 Å². The normalized spacial score (nSPS) is 33.2. The van der Waals surface area contributed by atoms with Gasteiger partial charge in [0, 0.05) is 6.04 Å². The average molecular weight is 185 g/mol. The van der Waals surface area contributed by atoms with Gasteiger partial charge in [-0.2, -0.15) is 0 Å². The molecule has 2 heteroatoms. The highest BCUT2D eigenvalue weighted by Crippen LogP contribution is 2.25. The van der Waals surface area contributed by atoms with Crippen molar-refractivity contribution in [3.05, 3.63) is 0 Å². The number of rotatable bonds is 4. The molecule has 0 aromatic heterocycles. The van der Waals surface area contributed by atoms with Crippen LogP contribution in [0.4, 0.5) is 0 Å². The minimum absolute atomic E-state index is 0.488. The van der Waals surface area contributed by atoms with E-state index in [4.69, 9.17) is 4.74 Å². The molecule has 1 fully saturated rings. The van der Waals surface area contributed by atoms with Gasteiger partial charge in [0.15, 0.2) is 0 Å². The Balaban J connectivity index is 2.24. The first-order valence-corrected chi connectivity index (χ1v) is 5.46. The van der Waals surface area contributed by atoms with Crippen molar-refractivity contribution in [2.45, 2.75) is 58.3 Å². The molecule has 0 radical (unpaired) electrons. The van der Waals surface area contributed by atoms with Crippen molar-refractivity contribution in [1.29, 1.82) is 0 Å². The molecule has 1 heterocycles. The number of ether oxygens (including phenoxy) is 1. The minimum atomic E-state index is 0.488. The Kier molecular flexibility index (Phi) is 4.20. The van der Waals surface area contributed by atoms with E-state index in [2.05, 4.69) is 26.1 Å². The van der Waals surface area contributed by atoms with Crippen molar-refractivity contribution in [3.8, 4) is 0 Å². The Morgan fingerprint density at radius 1 is 1.38 bits per heavy atom. The van der Waals surface area contributed by atoms with Crippen LogP contribution < -0.4 is 5.32 Å². The van der Waals surface area contributed by atoms with Crippen LogP contribution in [0.1, 0.15) is 40.0 Å². The lowest BCUT2D eigenvalue weighted by Gasteiger charge is -2.22. The lowest BCUT2D eigenvalue weighted by atomic mass is 9.95. The zero-order valence-corrected chi connectivity index (χ0v) is 9.34. The van der Waals surface area contributed by atoms with Crippen molar-refractivity contribution < 1.29 is 4.74 Å². The molecule has 1 aliphatic rings. The summed E-state index contributed by atoms with van der Waals surface area (Å²) in [6.45, 7) is 6.71. The first-order valence-electron chi connectivity index (χ1n) is 5.46. The van der Waals surface area contributed by atoms with E-state index in [1.807, 2.05) is 7.05 Å². The van der Waals surface area contributed by atoms with E-state index >= 15 is 0 Å². The number of hydrogen-bond acceptors (Lipinski definition) is 2. The molecule has 78 valence electrons. The molecule has 0 aromatic carbocycles. The molecule has 1 rings (SSSR count). The summed E-state index contributed by atoms with van der Waals surface area (Å²) < 4.78 is 5.80. The molecule has 1 N–H and O–H groups in total. The van der Waals surface area contributed by atoms with E-state index in [-0.39, 0.29) is 0 Å². The SMILES string of the molecule is CNC(C)C(C)CC1CCC(C)O1. The molecule has 13 heavy (non-hydrogen) atoms. The topological polar surface area (TPSA) is 21.3 Å². The molecule has 1 aliphatic heterocycles. The van der Waals surface area contributed by atoms with Crippen LogP contribution >= 0.6 is 0 Å². The fourth-order valence-corrected chi connectivity index (χ4v) is 1.96. The van der Waals surface area contributed by atoms with E-state index < -0.39 is 0 Å². The first kappa shape index (κ1) is 11.0. The monoisotopic (exact) mass is 185 g/mol. The summed E-state index contributed by atoms with van der Waals surface area (Å²) in [6.07, 6.45) is 4.70. The Hall–Kier alpha value is -0.0800. The van der Waals surface area contributed by atoms with E-state index in [0.717, 1.165) is 0 Å². The van der Waals surface area contributed by atoms with Crippen LogP contribution in [0, 0.1) is 5.92 Å². The molecule has 0 bridgehead atoms. The maximum atomic E-state index is 5.80. The van der Waals surface area contributed by atoms with Crippen LogP contribution in [0.3, 0.4) is 0 Å². The predicted octanol–water partition coefficient (Wildman–Crippen LogP) is 2.19. The summed E-state index contributed by atoms with van der Waals surface area (Å²) >= 11 is 0. The summed E-state index contributed by atoms with van der Waals surface area (Å²) in [5, 5.41) is 3.29. The molecule has 2 nitrogen and oxygen atoms in total. The highest BCUT2D eigenvalue weighted by Gasteiger charge is 2.24. The highest BCUT2D eigenvalue weighted by atomic mass is 16.5. The van der Waals surface area contributed by atoms with Crippen molar-refractivity contribution in [1.82, 2.24) is 5.32 Å². The summed E-state index contributed by atoms with van der Waals surface area (Å²) in [7, 11) is 2.03. The maximum Gasteiger partial charge on any atom is 0.0582 e. The molecule has 0 aromatic rings. The van der Waals surface area contributed by atoms with Crippen LogP contribution in [0.2, 0.25) is 0 Å². The summed E-state index contributed by atoms with van der Waals surface area (Å²) in [6, 6.07) is 0.597. The second-order valence-electron chi connectivity index (χ2n) is 4.44. The third-order valence-corrected chi connectivity index (χ3v) is 3.26. The van der Waals surface area contributed by atoms with E-state index in [0.29, 0.717) is 24.2 Å². The van der Waals surface area contributed by atoms with Gasteiger partial charge >= 0.3 is 0 Å². The van der Waals surface area contributed by atoms with Gasteiger partial charge in [-0.15, -0.1) is 0 Å².